The van der Waals surface area contributed by atoms with E-state index in [1.807, 2.05) is 91.9 Å². The highest BCUT2D eigenvalue weighted by atomic mass is 16.7. The van der Waals surface area contributed by atoms with Crippen LogP contribution in [-0.2, 0) is 15.2 Å². The van der Waals surface area contributed by atoms with E-state index in [4.69, 9.17) is 9.57 Å². The van der Waals surface area contributed by atoms with Gasteiger partial charge in [0.05, 0.1) is 6.10 Å². The van der Waals surface area contributed by atoms with Gasteiger partial charge in [-0.25, -0.2) is 0 Å². The zero-order valence-corrected chi connectivity index (χ0v) is 19.0. The van der Waals surface area contributed by atoms with Gasteiger partial charge in [0.25, 0.3) is 0 Å². The van der Waals surface area contributed by atoms with Crippen molar-refractivity contribution in [1.82, 2.24) is 0 Å². The summed E-state index contributed by atoms with van der Waals surface area (Å²) in [4.78, 5) is 5.76. The van der Waals surface area contributed by atoms with E-state index >= 15 is 0 Å². The summed E-state index contributed by atoms with van der Waals surface area (Å²) < 4.78 is 6.98. The van der Waals surface area contributed by atoms with Gasteiger partial charge in [-0.1, -0.05) is 126 Å². The third-order valence-electron chi connectivity index (χ3n) is 6.30. The Morgan fingerprint density at radius 3 is 1.56 bits per heavy atom. The highest BCUT2D eigenvalue weighted by molar-refractivity contribution is 6.04. The second-order valence-corrected chi connectivity index (χ2v) is 8.46. The smallest absolute Gasteiger partial charge is 0.184 e. The van der Waals surface area contributed by atoms with Crippen LogP contribution in [0.1, 0.15) is 29.2 Å². The zero-order chi connectivity index (χ0) is 23.4. The molecule has 0 spiro atoms. The van der Waals surface area contributed by atoms with E-state index in [1.54, 1.807) is 0 Å². The van der Waals surface area contributed by atoms with E-state index in [2.05, 4.69) is 41.6 Å². The van der Waals surface area contributed by atoms with E-state index in [1.165, 1.54) is 0 Å². The minimum Gasteiger partial charge on any atom is -0.386 e. The molecule has 34 heavy (non-hydrogen) atoms. The molecule has 0 saturated carbocycles. The molecule has 0 aromatic heterocycles. The molecule has 1 heterocycles. The number of aliphatic hydroxyl groups excluding tert-OH is 1. The van der Waals surface area contributed by atoms with Crippen molar-refractivity contribution in [3.63, 3.8) is 0 Å². The number of ether oxygens (including phenoxy) is 1. The minimum absolute atomic E-state index is 0.486. The van der Waals surface area contributed by atoms with Gasteiger partial charge in [0.2, 0.25) is 0 Å². The Morgan fingerprint density at radius 1 is 0.706 bits per heavy atom. The van der Waals surface area contributed by atoms with Gasteiger partial charge in [-0.05, 0) is 23.6 Å². The molecule has 4 aromatic carbocycles. The molecule has 4 aromatic rings. The predicted octanol–water partition coefficient (Wildman–Crippen LogP) is 5.55. The molecule has 0 radical (unpaired) electrons. The van der Waals surface area contributed by atoms with Gasteiger partial charge in [0, 0.05) is 5.56 Å². The molecule has 0 bridgehead atoms. The first-order valence-corrected chi connectivity index (χ1v) is 11.5. The van der Waals surface area contributed by atoms with Crippen LogP contribution in [0.2, 0.25) is 0 Å². The van der Waals surface area contributed by atoms with Crippen LogP contribution in [0.4, 0.5) is 0 Å². The first kappa shape index (κ1) is 22.1. The van der Waals surface area contributed by atoms with Gasteiger partial charge in [-0.15, -0.1) is 0 Å². The topological polar surface area (TPSA) is 51.0 Å². The SMILES string of the molecule is C[C@H](OC(c1ccccc1)(c1ccccc1)c1ccccc1)[C@@H]1ON=C(c2ccccc2)[C@H]1O. The number of nitrogens with zero attached hydrogens (tertiary/aromatic N) is 1. The molecule has 1 aliphatic rings. The van der Waals surface area contributed by atoms with E-state index in [9.17, 15) is 5.11 Å². The lowest BCUT2D eigenvalue weighted by atomic mass is 9.79. The van der Waals surface area contributed by atoms with Crippen LogP contribution in [0.15, 0.2) is 126 Å². The van der Waals surface area contributed by atoms with Crippen molar-refractivity contribution in [3.8, 4) is 0 Å². The summed E-state index contributed by atoms with van der Waals surface area (Å²) in [5, 5.41) is 15.4. The molecular weight excluding hydrogens is 422 g/mol. The number of hydrogen-bond donors (Lipinski definition) is 1. The zero-order valence-electron chi connectivity index (χ0n) is 19.0. The Labute approximate surface area is 200 Å². The summed E-state index contributed by atoms with van der Waals surface area (Å²) in [6.07, 6.45) is -2.04. The summed E-state index contributed by atoms with van der Waals surface area (Å²) >= 11 is 0. The van der Waals surface area contributed by atoms with Crippen molar-refractivity contribution in [2.45, 2.75) is 30.8 Å². The van der Waals surface area contributed by atoms with Crippen LogP contribution >= 0.6 is 0 Å². The molecule has 0 saturated heterocycles. The average molecular weight is 450 g/mol. The first-order valence-electron chi connectivity index (χ1n) is 11.5. The fourth-order valence-corrected chi connectivity index (χ4v) is 4.63. The standard InChI is InChI=1S/C30H27NO3/c1-22(29-28(32)27(31-34-29)23-14-6-2-7-15-23)33-30(24-16-8-3-9-17-24,25-18-10-4-11-19-25)26-20-12-5-13-21-26/h2-22,28-29,32H,1H3/t22-,28+,29-/m0/s1. The molecular formula is C30H27NO3. The van der Waals surface area contributed by atoms with Crippen molar-refractivity contribution in [2.75, 3.05) is 0 Å². The van der Waals surface area contributed by atoms with E-state index in [0.29, 0.717) is 5.71 Å². The molecule has 0 aliphatic carbocycles. The Kier molecular flexibility index (Phi) is 6.26. The lowest BCUT2D eigenvalue weighted by Crippen LogP contribution is -2.45. The van der Waals surface area contributed by atoms with Crippen LogP contribution in [-0.4, -0.2) is 29.1 Å². The Bertz CT molecular complexity index is 1130. The number of benzene rings is 4. The van der Waals surface area contributed by atoms with Crippen LogP contribution < -0.4 is 0 Å². The highest BCUT2D eigenvalue weighted by Gasteiger charge is 2.45. The van der Waals surface area contributed by atoms with Crippen molar-refractivity contribution < 1.29 is 14.7 Å². The third-order valence-corrected chi connectivity index (χ3v) is 6.30. The second kappa shape index (κ2) is 9.64. The maximum atomic E-state index is 11.1. The monoisotopic (exact) mass is 449 g/mol. The molecule has 5 rings (SSSR count). The lowest BCUT2D eigenvalue weighted by molar-refractivity contribution is -0.125. The molecule has 0 unspecified atom stereocenters. The summed E-state index contributed by atoms with van der Waals surface area (Å²) in [5.41, 5.74) is 3.45. The van der Waals surface area contributed by atoms with E-state index in [-0.39, 0.29) is 0 Å². The Hall–Kier alpha value is -3.73. The van der Waals surface area contributed by atoms with Crippen LogP contribution in [0.5, 0.6) is 0 Å². The molecule has 3 atom stereocenters. The van der Waals surface area contributed by atoms with Gasteiger partial charge < -0.3 is 14.7 Å². The van der Waals surface area contributed by atoms with Gasteiger partial charge >= 0.3 is 0 Å². The quantitative estimate of drug-likeness (QED) is 0.377. The maximum absolute atomic E-state index is 11.1. The van der Waals surface area contributed by atoms with Crippen molar-refractivity contribution in [2.24, 2.45) is 5.16 Å². The largest absolute Gasteiger partial charge is 0.386 e. The Morgan fingerprint density at radius 2 is 1.12 bits per heavy atom. The van der Waals surface area contributed by atoms with Gasteiger partial charge in [0.1, 0.15) is 17.4 Å². The maximum Gasteiger partial charge on any atom is 0.184 e. The Balaban J connectivity index is 1.56. The predicted molar refractivity (Wildman–Crippen MR) is 134 cm³/mol. The summed E-state index contributed by atoms with van der Waals surface area (Å²) in [6.45, 7) is 1.93. The summed E-state index contributed by atoms with van der Waals surface area (Å²) in [7, 11) is 0. The van der Waals surface area contributed by atoms with Crippen molar-refractivity contribution in [3.05, 3.63) is 144 Å². The highest BCUT2D eigenvalue weighted by Crippen LogP contribution is 2.42. The molecule has 0 amide bonds. The fourth-order valence-electron chi connectivity index (χ4n) is 4.63. The average Bonchev–Trinajstić information content (AvgIpc) is 3.30. The lowest BCUT2D eigenvalue weighted by Gasteiger charge is -2.39. The molecule has 4 nitrogen and oxygen atoms in total. The van der Waals surface area contributed by atoms with E-state index < -0.39 is 23.9 Å². The second-order valence-electron chi connectivity index (χ2n) is 8.46. The van der Waals surface area contributed by atoms with Gasteiger partial charge in [0.15, 0.2) is 6.10 Å². The number of hydrogen-bond acceptors (Lipinski definition) is 4. The first-order chi connectivity index (χ1) is 16.7. The minimum atomic E-state index is -0.905. The molecule has 170 valence electrons. The molecule has 0 fully saturated rings. The van der Waals surface area contributed by atoms with Gasteiger partial charge in [-0.2, -0.15) is 0 Å². The summed E-state index contributed by atoms with van der Waals surface area (Å²) in [6, 6.07) is 40.1. The normalized spacial score (nSPS) is 18.7. The summed E-state index contributed by atoms with van der Waals surface area (Å²) in [5.74, 6) is 0. The van der Waals surface area contributed by atoms with Crippen LogP contribution in [0.25, 0.3) is 0 Å². The van der Waals surface area contributed by atoms with Crippen molar-refractivity contribution >= 4 is 5.71 Å². The number of rotatable bonds is 7. The van der Waals surface area contributed by atoms with Crippen molar-refractivity contribution in [1.29, 1.82) is 0 Å². The molecule has 1 N–H and O–H groups in total. The number of oxime groups is 1. The van der Waals surface area contributed by atoms with Crippen LogP contribution in [0, 0.1) is 0 Å². The molecule has 1 aliphatic heterocycles. The third kappa shape index (κ3) is 4.03. The molecule has 4 heteroatoms. The van der Waals surface area contributed by atoms with E-state index in [0.717, 1.165) is 22.3 Å². The fraction of sp³-hybridized carbons (Fsp3) is 0.167. The number of aliphatic hydroxyl groups is 1. The van der Waals surface area contributed by atoms with Crippen LogP contribution in [0.3, 0.4) is 0 Å². The van der Waals surface area contributed by atoms with Gasteiger partial charge in [-0.3, -0.25) is 0 Å².